The van der Waals surface area contributed by atoms with E-state index in [0.717, 1.165) is 13.0 Å². The lowest BCUT2D eigenvalue weighted by molar-refractivity contribution is 0.675. The summed E-state index contributed by atoms with van der Waals surface area (Å²) < 4.78 is 0. The number of aryl methyl sites for hydroxylation is 3. The third kappa shape index (κ3) is 4.05. The van der Waals surface area contributed by atoms with Crippen LogP contribution in [0.25, 0.3) is 0 Å². The Morgan fingerprint density at radius 3 is 2.67 bits per heavy atom. The predicted molar refractivity (Wildman–Crippen MR) is 67.4 cm³/mol. The Bertz CT molecular complexity index is 291. The van der Waals surface area contributed by atoms with E-state index >= 15 is 0 Å². The Kier molecular flexibility index (Phi) is 5.41. The number of rotatable bonds is 6. The molecule has 1 rings (SSSR count). The molecule has 0 saturated heterocycles. The fraction of sp³-hybridized carbons (Fsp3) is 0.571. The third-order valence-electron chi connectivity index (χ3n) is 2.94. The largest absolute Gasteiger partial charge is 0.320 e. The van der Waals surface area contributed by atoms with Crippen molar-refractivity contribution in [1.29, 1.82) is 0 Å². The molecule has 0 fully saturated rings. The van der Waals surface area contributed by atoms with Crippen molar-refractivity contribution < 1.29 is 0 Å². The first-order valence-corrected chi connectivity index (χ1v) is 6.01. The zero-order valence-corrected chi connectivity index (χ0v) is 10.3. The summed E-state index contributed by atoms with van der Waals surface area (Å²) in [7, 11) is 2.02. The fourth-order valence-corrected chi connectivity index (χ4v) is 1.83. The molecule has 0 atom stereocenters. The topological polar surface area (TPSA) is 12.0 Å². The Labute approximate surface area is 93.9 Å². The molecule has 0 radical (unpaired) electrons. The van der Waals surface area contributed by atoms with Crippen LogP contribution < -0.4 is 5.32 Å². The van der Waals surface area contributed by atoms with E-state index in [4.69, 9.17) is 0 Å². The quantitative estimate of drug-likeness (QED) is 0.704. The average Bonchev–Trinajstić information content (AvgIpc) is 2.26. The van der Waals surface area contributed by atoms with E-state index in [2.05, 4.69) is 37.4 Å². The molecule has 0 bridgehead atoms. The highest BCUT2D eigenvalue weighted by atomic mass is 14.8. The minimum absolute atomic E-state index is 1.13. The zero-order chi connectivity index (χ0) is 11.1. The standard InChI is InChI=1S/C14H23N/c1-4-13-9-8-12(2)14(11-13)7-5-6-10-15-3/h8-9,11,15H,4-7,10H2,1-3H3. The van der Waals surface area contributed by atoms with Crippen LogP contribution in [0.5, 0.6) is 0 Å². The molecule has 0 aliphatic rings. The van der Waals surface area contributed by atoms with Gasteiger partial charge in [-0.3, -0.25) is 0 Å². The first-order chi connectivity index (χ1) is 7.27. The molecule has 0 amide bonds. The monoisotopic (exact) mass is 205 g/mol. The predicted octanol–water partition coefficient (Wildman–Crippen LogP) is 3.10. The number of unbranched alkanes of at least 4 members (excludes halogenated alkanes) is 1. The number of hydrogen-bond donors (Lipinski definition) is 1. The molecule has 0 saturated carbocycles. The van der Waals surface area contributed by atoms with Crippen LogP contribution in [0.4, 0.5) is 0 Å². The van der Waals surface area contributed by atoms with Crippen LogP contribution in [-0.2, 0) is 12.8 Å². The van der Waals surface area contributed by atoms with Gasteiger partial charge in [-0.05, 0) is 62.9 Å². The normalized spacial score (nSPS) is 10.6. The van der Waals surface area contributed by atoms with Gasteiger partial charge in [0.25, 0.3) is 0 Å². The van der Waals surface area contributed by atoms with Crippen molar-refractivity contribution in [3.8, 4) is 0 Å². The van der Waals surface area contributed by atoms with Crippen molar-refractivity contribution in [3.05, 3.63) is 34.9 Å². The lowest BCUT2D eigenvalue weighted by Crippen LogP contribution is -2.07. The van der Waals surface area contributed by atoms with Crippen molar-refractivity contribution >= 4 is 0 Å². The van der Waals surface area contributed by atoms with Crippen LogP contribution in [-0.4, -0.2) is 13.6 Å². The van der Waals surface area contributed by atoms with E-state index < -0.39 is 0 Å². The molecule has 0 aliphatic heterocycles. The lowest BCUT2D eigenvalue weighted by atomic mass is 9.99. The third-order valence-corrected chi connectivity index (χ3v) is 2.94. The average molecular weight is 205 g/mol. The minimum atomic E-state index is 1.13. The summed E-state index contributed by atoms with van der Waals surface area (Å²) in [6.45, 7) is 5.56. The van der Waals surface area contributed by atoms with Crippen LogP contribution in [0.3, 0.4) is 0 Å². The second-order valence-electron chi connectivity index (χ2n) is 4.18. The van der Waals surface area contributed by atoms with E-state index in [0.29, 0.717) is 0 Å². The molecule has 0 heterocycles. The van der Waals surface area contributed by atoms with Gasteiger partial charge in [0, 0.05) is 0 Å². The number of benzene rings is 1. The fourth-order valence-electron chi connectivity index (χ4n) is 1.83. The van der Waals surface area contributed by atoms with Crippen molar-refractivity contribution in [1.82, 2.24) is 5.32 Å². The zero-order valence-electron chi connectivity index (χ0n) is 10.3. The molecule has 84 valence electrons. The van der Waals surface area contributed by atoms with E-state index in [9.17, 15) is 0 Å². The second kappa shape index (κ2) is 6.62. The van der Waals surface area contributed by atoms with Gasteiger partial charge < -0.3 is 5.32 Å². The smallest absolute Gasteiger partial charge is 0.00518 e. The number of hydrogen-bond acceptors (Lipinski definition) is 1. The molecular weight excluding hydrogens is 182 g/mol. The van der Waals surface area contributed by atoms with Crippen LogP contribution in [0.2, 0.25) is 0 Å². The molecule has 1 nitrogen and oxygen atoms in total. The van der Waals surface area contributed by atoms with Gasteiger partial charge in [-0.2, -0.15) is 0 Å². The highest BCUT2D eigenvalue weighted by Gasteiger charge is 1.99. The minimum Gasteiger partial charge on any atom is -0.320 e. The summed E-state index contributed by atoms with van der Waals surface area (Å²) in [4.78, 5) is 0. The molecule has 0 aliphatic carbocycles. The summed E-state index contributed by atoms with van der Waals surface area (Å²) in [6, 6.07) is 6.87. The maximum atomic E-state index is 3.19. The SMILES string of the molecule is CCc1ccc(C)c(CCCCNC)c1. The van der Waals surface area contributed by atoms with E-state index in [1.54, 1.807) is 0 Å². The van der Waals surface area contributed by atoms with Gasteiger partial charge in [0.2, 0.25) is 0 Å². The van der Waals surface area contributed by atoms with Crippen LogP contribution in [0.15, 0.2) is 18.2 Å². The summed E-state index contributed by atoms with van der Waals surface area (Å²) >= 11 is 0. The molecule has 0 unspecified atom stereocenters. The molecular formula is C14H23N. The van der Waals surface area contributed by atoms with Gasteiger partial charge in [-0.1, -0.05) is 25.1 Å². The van der Waals surface area contributed by atoms with Crippen LogP contribution >= 0.6 is 0 Å². The molecule has 0 spiro atoms. The summed E-state index contributed by atoms with van der Waals surface area (Å²) in [6.07, 6.45) is 4.92. The maximum absolute atomic E-state index is 3.19. The van der Waals surface area contributed by atoms with Crippen molar-refractivity contribution in [2.24, 2.45) is 0 Å². The van der Waals surface area contributed by atoms with E-state index in [1.165, 1.54) is 36.0 Å². The molecule has 0 aromatic heterocycles. The van der Waals surface area contributed by atoms with E-state index in [1.807, 2.05) is 7.05 Å². The van der Waals surface area contributed by atoms with Crippen molar-refractivity contribution in [3.63, 3.8) is 0 Å². The Hall–Kier alpha value is -0.820. The highest BCUT2D eigenvalue weighted by Crippen LogP contribution is 2.14. The van der Waals surface area contributed by atoms with Gasteiger partial charge >= 0.3 is 0 Å². The van der Waals surface area contributed by atoms with Gasteiger partial charge in [-0.15, -0.1) is 0 Å². The van der Waals surface area contributed by atoms with Gasteiger partial charge in [-0.25, -0.2) is 0 Å². The molecule has 15 heavy (non-hydrogen) atoms. The first-order valence-electron chi connectivity index (χ1n) is 6.01. The molecule has 1 aromatic rings. The summed E-state index contributed by atoms with van der Waals surface area (Å²) in [5.41, 5.74) is 4.44. The number of nitrogens with one attached hydrogen (secondary N) is 1. The van der Waals surface area contributed by atoms with Crippen molar-refractivity contribution in [2.75, 3.05) is 13.6 Å². The van der Waals surface area contributed by atoms with Crippen molar-refractivity contribution in [2.45, 2.75) is 39.5 Å². The highest BCUT2D eigenvalue weighted by molar-refractivity contribution is 5.31. The Morgan fingerprint density at radius 1 is 1.20 bits per heavy atom. The maximum Gasteiger partial charge on any atom is -0.00518 e. The van der Waals surface area contributed by atoms with Gasteiger partial charge in [0.05, 0.1) is 0 Å². The molecule has 1 N–H and O–H groups in total. The summed E-state index contributed by atoms with van der Waals surface area (Å²) in [5.74, 6) is 0. The summed E-state index contributed by atoms with van der Waals surface area (Å²) in [5, 5.41) is 3.19. The molecule has 1 aromatic carbocycles. The van der Waals surface area contributed by atoms with Crippen LogP contribution in [0, 0.1) is 6.92 Å². The lowest BCUT2D eigenvalue weighted by Gasteiger charge is -2.08. The molecule has 1 heteroatoms. The van der Waals surface area contributed by atoms with Gasteiger partial charge in [0.15, 0.2) is 0 Å². The first kappa shape index (κ1) is 12.3. The van der Waals surface area contributed by atoms with E-state index in [-0.39, 0.29) is 0 Å². The Morgan fingerprint density at radius 2 is 2.00 bits per heavy atom. The Balaban J connectivity index is 2.51. The van der Waals surface area contributed by atoms with Gasteiger partial charge in [0.1, 0.15) is 0 Å². The van der Waals surface area contributed by atoms with Crippen LogP contribution in [0.1, 0.15) is 36.5 Å². The second-order valence-corrected chi connectivity index (χ2v) is 4.18.